The number of hydrogen-bond acceptors (Lipinski definition) is 1. The lowest BCUT2D eigenvalue weighted by molar-refractivity contribution is -0.269. The highest BCUT2D eigenvalue weighted by Crippen LogP contribution is 2.06. The summed E-state index contributed by atoms with van der Waals surface area (Å²) in [7, 11) is 0. The molecule has 1 aromatic rings. The molecule has 0 spiro atoms. The predicted octanol–water partition coefficient (Wildman–Crippen LogP) is 0.397. The zero-order valence-electron chi connectivity index (χ0n) is 4.06. The number of aromatic amines is 1. The van der Waals surface area contributed by atoms with E-state index in [2.05, 4.69) is 4.98 Å². The minimum atomic E-state index is 0.0833. The van der Waals surface area contributed by atoms with Gasteiger partial charge >= 0.3 is 0 Å². The topological polar surface area (TPSA) is 38.8 Å². The van der Waals surface area contributed by atoms with Gasteiger partial charge in [0, 0.05) is 11.9 Å². The molecule has 1 aromatic heterocycles. The maximum Gasteiger partial charge on any atom is 0.00359 e. The number of nitrogens with one attached hydrogen (secondary N) is 1. The molecular formula is C5H6NO-. The molecule has 0 aliphatic heterocycles. The number of rotatable bonds is 0. The van der Waals surface area contributed by atoms with Gasteiger partial charge < -0.3 is 10.1 Å². The monoisotopic (exact) mass is 96.0 g/mol. The van der Waals surface area contributed by atoms with Gasteiger partial charge in [0.25, 0.3) is 0 Å². The summed E-state index contributed by atoms with van der Waals surface area (Å²) in [5.41, 5.74) is 0.708. The highest BCUT2D eigenvalue weighted by molar-refractivity contribution is 5.22. The van der Waals surface area contributed by atoms with Crippen LogP contribution in [-0.4, -0.2) is 4.98 Å². The molecule has 38 valence electrons. The third kappa shape index (κ3) is 0.585. The van der Waals surface area contributed by atoms with Gasteiger partial charge in [-0.2, -0.15) is 0 Å². The van der Waals surface area contributed by atoms with E-state index in [1.165, 1.54) is 6.07 Å². The summed E-state index contributed by atoms with van der Waals surface area (Å²) in [4.78, 5) is 2.76. The van der Waals surface area contributed by atoms with Crippen molar-refractivity contribution in [2.75, 3.05) is 0 Å². The van der Waals surface area contributed by atoms with Gasteiger partial charge in [-0.15, -0.1) is 0 Å². The summed E-state index contributed by atoms with van der Waals surface area (Å²) < 4.78 is 0. The Kier molecular flexibility index (Phi) is 0.785. The summed E-state index contributed by atoms with van der Waals surface area (Å²) in [6.45, 7) is 1.75. The molecule has 0 saturated carbocycles. The van der Waals surface area contributed by atoms with Crippen molar-refractivity contribution >= 4 is 0 Å². The summed E-state index contributed by atoms with van der Waals surface area (Å²) in [5, 5.41) is 10.4. The summed E-state index contributed by atoms with van der Waals surface area (Å²) in [6, 6.07) is 1.51. The fourth-order valence-electron chi connectivity index (χ4n) is 0.438. The Labute approximate surface area is 41.8 Å². The largest absolute Gasteiger partial charge is 0.871 e. The molecule has 0 amide bonds. The molecule has 7 heavy (non-hydrogen) atoms. The Hall–Kier alpha value is -0.920. The molecule has 2 nitrogen and oxygen atoms in total. The minimum absolute atomic E-state index is 0.0833. The van der Waals surface area contributed by atoms with Crippen LogP contribution in [0.1, 0.15) is 5.69 Å². The predicted molar refractivity (Wildman–Crippen MR) is 25.0 cm³/mol. The van der Waals surface area contributed by atoms with E-state index in [0.717, 1.165) is 0 Å². The Balaban J connectivity index is 3.12. The van der Waals surface area contributed by atoms with Crippen molar-refractivity contribution in [3.8, 4) is 5.75 Å². The van der Waals surface area contributed by atoms with Gasteiger partial charge in [-0.25, -0.2) is 0 Å². The van der Waals surface area contributed by atoms with Gasteiger partial charge in [0.15, 0.2) is 0 Å². The van der Waals surface area contributed by atoms with Gasteiger partial charge in [0.2, 0.25) is 0 Å². The first kappa shape index (κ1) is 4.24. The summed E-state index contributed by atoms with van der Waals surface area (Å²) >= 11 is 0. The molecule has 1 N–H and O–H groups in total. The third-order valence-corrected chi connectivity index (χ3v) is 0.904. The smallest absolute Gasteiger partial charge is 0.00359 e. The van der Waals surface area contributed by atoms with E-state index in [-0.39, 0.29) is 5.75 Å². The Morgan fingerprint density at radius 2 is 2.43 bits per heavy atom. The molecule has 1 heterocycles. The first-order valence-electron chi connectivity index (χ1n) is 2.11. The van der Waals surface area contributed by atoms with Crippen LogP contribution in [0.2, 0.25) is 0 Å². The average Bonchev–Trinajstić information content (AvgIpc) is 1.91. The van der Waals surface area contributed by atoms with E-state index in [0.29, 0.717) is 5.69 Å². The van der Waals surface area contributed by atoms with Crippen LogP contribution < -0.4 is 5.11 Å². The van der Waals surface area contributed by atoms with Crippen molar-refractivity contribution in [3.05, 3.63) is 18.0 Å². The van der Waals surface area contributed by atoms with Crippen molar-refractivity contribution in [1.29, 1.82) is 0 Å². The van der Waals surface area contributed by atoms with Crippen molar-refractivity contribution in [1.82, 2.24) is 4.98 Å². The molecule has 0 radical (unpaired) electrons. The number of hydrogen-bond donors (Lipinski definition) is 1. The van der Waals surface area contributed by atoms with Crippen LogP contribution in [0.15, 0.2) is 12.3 Å². The third-order valence-electron chi connectivity index (χ3n) is 0.904. The molecule has 2 heteroatoms. The molecular weight excluding hydrogens is 90.1 g/mol. The van der Waals surface area contributed by atoms with Gasteiger partial charge in [-0.1, -0.05) is 11.8 Å². The van der Waals surface area contributed by atoms with Crippen LogP contribution in [-0.2, 0) is 0 Å². The van der Waals surface area contributed by atoms with E-state index < -0.39 is 0 Å². The lowest BCUT2D eigenvalue weighted by Gasteiger charge is -1.97. The molecule has 0 atom stereocenters. The number of H-pyrrole nitrogens is 1. The quantitative estimate of drug-likeness (QED) is 0.498. The second-order valence-corrected chi connectivity index (χ2v) is 1.47. The minimum Gasteiger partial charge on any atom is -0.871 e. The van der Waals surface area contributed by atoms with Crippen molar-refractivity contribution in [3.63, 3.8) is 0 Å². The van der Waals surface area contributed by atoms with Gasteiger partial charge in [0.05, 0.1) is 0 Å². The van der Waals surface area contributed by atoms with E-state index in [4.69, 9.17) is 0 Å². The fourth-order valence-corrected chi connectivity index (χ4v) is 0.438. The van der Waals surface area contributed by atoms with Crippen LogP contribution in [0.3, 0.4) is 0 Å². The number of aryl methyl sites for hydroxylation is 1. The van der Waals surface area contributed by atoms with Crippen LogP contribution >= 0.6 is 0 Å². The van der Waals surface area contributed by atoms with E-state index in [1.807, 2.05) is 0 Å². The maximum atomic E-state index is 10.4. The van der Waals surface area contributed by atoms with Crippen molar-refractivity contribution in [2.45, 2.75) is 6.92 Å². The van der Waals surface area contributed by atoms with Crippen molar-refractivity contribution < 1.29 is 5.11 Å². The molecule has 0 aromatic carbocycles. The molecule has 1 rings (SSSR count). The zero-order valence-corrected chi connectivity index (χ0v) is 4.06. The fraction of sp³-hybridized carbons (Fsp3) is 0.200. The van der Waals surface area contributed by atoms with Crippen LogP contribution in [0, 0.1) is 6.92 Å². The normalized spacial score (nSPS) is 9.29. The van der Waals surface area contributed by atoms with Crippen LogP contribution in [0.4, 0.5) is 0 Å². The Morgan fingerprint density at radius 1 is 1.71 bits per heavy atom. The first-order valence-corrected chi connectivity index (χ1v) is 2.11. The maximum absolute atomic E-state index is 10.4. The SMILES string of the molecule is Cc1[nH]ccc1[O-]. The Morgan fingerprint density at radius 3 is 2.57 bits per heavy atom. The van der Waals surface area contributed by atoms with Gasteiger partial charge in [-0.05, 0) is 6.92 Å². The number of aromatic nitrogens is 1. The highest BCUT2D eigenvalue weighted by Gasteiger charge is 1.79. The molecule has 0 fully saturated rings. The van der Waals surface area contributed by atoms with E-state index in [1.54, 1.807) is 13.1 Å². The van der Waals surface area contributed by atoms with Gasteiger partial charge in [-0.3, -0.25) is 0 Å². The van der Waals surface area contributed by atoms with Crippen LogP contribution in [0.5, 0.6) is 5.75 Å². The Bertz CT molecular complexity index is 140. The lowest BCUT2D eigenvalue weighted by Crippen LogP contribution is -1.87. The summed E-state index contributed by atoms with van der Waals surface area (Å²) in [5.74, 6) is 0.0833. The van der Waals surface area contributed by atoms with E-state index in [9.17, 15) is 5.11 Å². The lowest BCUT2D eigenvalue weighted by atomic mass is 10.4. The average molecular weight is 96.1 g/mol. The van der Waals surface area contributed by atoms with Gasteiger partial charge in [0.1, 0.15) is 0 Å². The molecule has 0 aliphatic rings. The zero-order chi connectivity index (χ0) is 5.28. The standard InChI is InChI=1S/C5H7NO/c1-4-5(7)2-3-6-4/h2-3,6-7H,1H3/p-1. The second kappa shape index (κ2) is 1.30. The second-order valence-electron chi connectivity index (χ2n) is 1.47. The summed E-state index contributed by atoms with van der Waals surface area (Å²) in [6.07, 6.45) is 1.64. The highest BCUT2D eigenvalue weighted by atomic mass is 16.3. The molecule has 0 bridgehead atoms. The molecule has 0 saturated heterocycles. The van der Waals surface area contributed by atoms with E-state index >= 15 is 0 Å². The molecule has 0 unspecified atom stereocenters. The molecule has 0 aliphatic carbocycles. The van der Waals surface area contributed by atoms with Crippen LogP contribution in [0.25, 0.3) is 0 Å². The first-order chi connectivity index (χ1) is 3.30. The van der Waals surface area contributed by atoms with Crippen molar-refractivity contribution in [2.24, 2.45) is 0 Å².